The number of rotatable bonds is 7. The van der Waals surface area contributed by atoms with E-state index in [0.29, 0.717) is 30.9 Å². The zero-order valence-corrected chi connectivity index (χ0v) is 15.2. The summed E-state index contributed by atoms with van der Waals surface area (Å²) in [6.07, 6.45) is 1.61. The van der Waals surface area contributed by atoms with Crippen LogP contribution in [0.5, 0.6) is 5.75 Å². The number of anilines is 1. The molecule has 3 aromatic rings. The van der Waals surface area contributed by atoms with E-state index < -0.39 is 0 Å². The van der Waals surface area contributed by atoms with E-state index in [1.807, 2.05) is 29.6 Å². The summed E-state index contributed by atoms with van der Waals surface area (Å²) in [7, 11) is 0. The first-order valence-electron chi connectivity index (χ1n) is 7.96. The molecule has 5 nitrogen and oxygen atoms in total. The number of para-hydroxylation sites is 1. The summed E-state index contributed by atoms with van der Waals surface area (Å²) in [5.74, 6) is 0.247. The summed E-state index contributed by atoms with van der Waals surface area (Å²) < 4.78 is 0. The van der Waals surface area contributed by atoms with Crippen molar-refractivity contribution >= 4 is 33.7 Å². The molecule has 1 amide bonds. The van der Waals surface area contributed by atoms with Crippen molar-refractivity contribution in [1.29, 1.82) is 0 Å². The van der Waals surface area contributed by atoms with Crippen LogP contribution in [0.4, 0.5) is 5.13 Å². The van der Waals surface area contributed by atoms with Crippen LogP contribution in [0.1, 0.15) is 16.9 Å². The quantitative estimate of drug-likeness (QED) is 0.592. The average molecular weight is 374 g/mol. The van der Waals surface area contributed by atoms with Crippen LogP contribution in [0.3, 0.4) is 0 Å². The Kier molecular flexibility index (Phi) is 5.67. The third-order valence-corrected chi connectivity index (χ3v) is 5.58. The molecule has 4 N–H and O–H groups in total. The molecular formula is C18H19N3O2S2. The van der Waals surface area contributed by atoms with E-state index in [-0.39, 0.29) is 11.7 Å². The highest BCUT2D eigenvalue weighted by molar-refractivity contribution is 7.17. The summed E-state index contributed by atoms with van der Waals surface area (Å²) >= 11 is 3.05. The molecule has 0 bridgehead atoms. The number of hydrogen-bond acceptors (Lipinski definition) is 6. The maximum absolute atomic E-state index is 12.1. The molecule has 7 heteroatoms. The lowest BCUT2D eigenvalue weighted by atomic mass is 10.1. The molecule has 0 radical (unpaired) electrons. The number of nitrogens with zero attached hydrogens (tertiary/aromatic N) is 1. The molecule has 0 aliphatic carbocycles. The van der Waals surface area contributed by atoms with Gasteiger partial charge in [0.2, 0.25) is 5.91 Å². The van der Waals surface area contributed by atoms with Gasteiger partial charge in [-0.2, -0.15) is 0 Å². The number of aryl methyl sites for hydroxylation is 1. The minimum atomic E-state index is -0.0143. The van der Waals surface area contributed by atoms with Crippen molar-refractivity contribution < 1.29 is 9.90 Å². The molecule has 3 rings (SSSR count). The van der Waals surface area contributed by atoms with Crippen LogP contribution in [0, 0.1) is 0 Å². The van der Waals surface area contributed by atoms with Gasteiger partial charge in [-0.05, 0) is 35.9 Å². The van der Waals surface area contributed by atoms with E-state index in [9.17, 15) is 9.90 Å². The minimum absolute atomic E-state index is 0.0143. The normalized spacial score (nSPS) is 10.7. The zero-order chi connectivity index (χ0) is 17.6. The van der Waals surface area contributed by atoms with E-state index in [4.69, 9.17) is 5.73 Å². The van der Waals surface area contributed by atoms with Crippen molar-refractivity contribution in [2.75, 3.05) is 12.3 Å². The van der Waals surface area contributed by atoms with Crippen LogP contribution in [0.15, 0.2) is 41.8 Å². The highest BCUT2D eigenvalue weighted by atomic mass is 32.1. The number of phenols is 1. The fourth-order valence-electron chi connectivity index (χ4n) is 2.52. The number of hydrogen-bond donors (Lipinski definition) is 3. The molecule has 0 spiro atoms. The van der Waals surface area contributed by atoms with Crippen LogP contribution >= 0.6 is 22.7 Å². The van der Waals surface area contributed by atoms with E-state index in [2.05, 4.69) is 10.3 Å². The number of amides is 1. The van der Waals surface area contributed by atoms with Gasteiger partial charge in [0.15, 0.2) is 5.13 Å². The number of carbonyl (C=O) groups is 1. The number of nitrogens with two attached hydrogens (primary N) is 1. The Bertz CT molecular complexity index is 844. The fraction of sp³-hybridized carbons (Fsp3) is 0.222. The van der Waals surface area contributed by atoms with Crippen molar-refractivity contribution in [2.24, 2.45) is 0 Å². The van der Waals surface area contributed by atoms with Crippen molar-refractivity contribution in [1.82, 2.24) is 10.3 Å². The lowest BCUT2D eigenvalue weighted by Gasteiger charge is -2.06. The highest BCUT2D eigenvalue weighted by Gasteiger charge is 2.14. The summed E-state index contributed by atoms with van der Waals surface area (Å²) in [6.45, 7) is 0.499. The van der Waals surface area contributed by atoms with Crippen LogP contribution in [0.25, 0.3) is 10.6 Å². The van der Waals surface area contributed by atoms with Crippen LogP contribution in [-0.2, 0) is 17.6 Å². The Morgan fingerprint density at radius 1 is 1.20 bits per heavy atom. The first kappa shape index (κ1) is 17.4. The van der Waals surface area contributed by atoms with Gasteiger partial charge in [-0.3, -0.25) is 4.79 Å². The van der Waals surface area contributed by atoms with E-state index >= 15 is 0 Å². The second-order valence-electron chi connectivity index (χ2n) is 5.53. The second-order valence-corrected chi connectivity index (χ2v) is 7.59. The standard InChI is InChI=1S/C18H19N3O2S2/c19-18-21-17(14-6-3-11-24-14)15(25-18)7-8-16(23)20-10-9-12-4-1-2-5-13(12)22/h1-6,11,22H,7-10H2,(H2,19,21)(H,20,23). The van der Waals surface area contributed by atoms with Crippen molar-refractivity contribution in [3.05, 3.63) is 52.2 Å². The predicted molar refractivity (Wildman–Crippen MR) is 103 cm³/mol. The van der Waals surface area contributed by atoms with Gasteiger partial charge in [-0.25, -0.2) is 4.98 Å². The molecule has 1 aromatic carbocycles. The van der Waals surface area contributed by atoms with E-state index in [0.717, 1.165) is 21.0 Å². The Hall–Kier alpha value is -2.38. The smallest absolute Gasteiger partial charge is 0.220 e. The third-order valence-electron chi connectivity index (χ3n) is 3.76. The molecule has 0 saturated heterocycles. The van der Waals surface area contributed by atoms with Crippen molar-refractivity contribution in [3.8, 4) is 16.3 Å². The largest absolute Gasteiger partial charge is 0.508 e. The van der Waals surface area contributed by atoms with Gasteiger partial charge < -0.3 is 16.2 Å². The molecule has 25 heavy (non-hydrogen) atoms. The number of thiophene rings is 1. The molecule has 0 aliphatic rings. The number of nitrogen functional groups attached to an aromatic ring is 1. The lowest BCUT2D eigenvalue weighted by molar-refractivity contribution is -0.121. The number of phenolic OH excluding ortho intramolecular Hbond substituents is 1. The zero-order valence-electron chi connectivity index (χ0n) is 13.6. The number of aromatic hydroxyl groups is 1. The SMILES string of the molecule is Nc1nc(-c2cccs2)c(CCC(=O)NCCc2ccccc2O)s1. The summed E-state index contributed by atoms with van der Waals surface area (Å²) in [6, 6.07) is 11.1. The topological polar surface area (TPSA) is 88.2 Å². The Morgan fingerprint density at radius 2 is 2.04 bits per heavy atom. The Labute approximate surface area is 154 Å². The summed E-state index contributed by atoms with van der Waals surface area (Å²) in [5, 5.41) is 15.1. The predicted octanol–water partition coefficient (Wildman–Crippen LogP) is 3.45. The van der Waals surface area contributed by atoms with Gasteiger partial charge in [0.05, 0.1) is 10.6 Å². The average Bonchev–Trinajstić information content (AvgIpc) is 3.24. The molecule has 0 fully saturated rings. The van der Waals surface area contributed by atoms with Crippen LogP contribution in [0.2, 0.25) is 0 Å². The Balaban J connectivity index is 1.51. The maximum Gasteiger partial charge on any atom is 0.220 e. The van der Waals surface area contributed by atoms with Gasteiger partial charge >= 0.3 is 0 Å². The molecule has 0 unspecified atom stereocenters. The third kappa shape index (κ3) is 4.58. The number of thiazole rings is 1. The maximum atomic E-state index is 12.1. The lowest BCUT2D eigenvalue weighted by Crippen LogP contribution is -2.25. The monoisotopic (exact) mass is 373 g/mol. The molecular weight excluding hydrogens is 354 g/mol. The van der Waals surface area contributed by atoms with E-state index in [1.165, 1.54) is 11.3 Å². The first-order chi connectivity index (χ1) is 12.1. The minimum Gasteiger partial charge on any atom is -0.508 e. The number of nitrogens with one attached hydrogen (secondary N) is 1. The van der Waals surface area contributed by atoms with Gasteiger partial charge in [-0.1, -0.05) is 24.3 Å². The molecule has 2 heterocycles. The van der Waals surface area contributed by atoms with E-state index in [1.54, 1.807) is 23.5 Å². The Morgan fingerprint density at radius 3 is 2.80 bits per heavy atom. The fourth-order valence-corrected chi connectivity index (χ4v) is 4.17. The summed E-state index contributed by atoms with van der Waals surface area (Å²) in [5.41, 5.74) is 7.56. The second kappa shape index (κ2) is 8.13. The van der Waals surface area contributed by atoms with Crippen LogP contribution < -0.4 is 11.1 Å². The van der Waals surface area contributed by atoms with Gasteiger partial charge in [0.25, 0.3) is 0 Å². The molecule has 0 aliphatic heterocycles. The van der Waals surface area contributed by atoms with Gasteiger partial charge in [0.1, 0.15) is 5.75 Å². The number of carbonyl (C=O) groups excluding carboxylic acids is 1. The van der Waals surface area contributed by atoms with Crippen molar-refractivity contribution in [3.63, 3.8) is 0 Å². The molecule has 0 saturated carbocycles. The molecule has 2 aromatic heterocycles. The molecule has 130 valence electrons. The molecule has 0 atom stereocenters. The first-order valence-corrected chi connectivity index (χ1v) is 9.65. The van der Waals surface area contributed by atoms with Crippen LogP contribution in [-0.4, -0.2) is 22.5 Å². The van der Waals surface area contributed by atoms with Crippen molar-refractivity contribution in [2.45, 2.75) is 19.3 Å². The number of benzene rings is 1. The highest BCUT2D eigenvalue weighted by Crippen LogP contribution is 2.33. The number of aromatic nitrogens is 1. The van der Waals surface area contributed by atoms with Gasteiger partial charge in [-0.15, -0.1) is 22.7 Å². The summed E-state index contributed by atoms with van der Waals surface area (Å²) in [4.78, 5) is 18.6. The van der Waals surface area contributed by atoms with Gasteiger partial charge in [0, 0.05) is 17.8 Å².